The minimum absolute atomic E-state index is 0.000417. The molecule has 0 aromatic carbocycles. The van der Waals surface area contributed by atoms with Gasteiger partial charge in [0.2, 0.25) is 17.7 Å². The Bertz CT molecular complexity index is 587. The summed E-state index contributed by atoms with van der Waals surface area (Å²) in [6.07, 6.45) is -0.285. The highest BCUT2D eigenvalue weighted by Crippen LogP contribution is 2.15. The lowest BCUT2D eigenvalue weighted by molar-refractivity contribution is -0.133. The summed E-state index contributed by atoms with van der Waals surface area (Å²) in [5.74, 6) is 0.529. The highest BCUT2D eigenvalue weighted by Gasteiger charge is 2.20. The van der Waals surface area contributed by atoms with E-state index < -0.39 is 6.04 Å². The van der Waals surface area contributed by atoms with E-state index >= 15 is 0 Å². The molecule has 1 rings (SSSR count). The minimum atomic E-state index is -0.640. The first-order valence-corrected chi connectivity index (χ1v) is 8.83. The average Bonchev–Trinajstić information content (AvgIpc) is 3.04. The fraction of sp³-hybridized carbons (Fsp3) is 0.765. The zero-order chi connectivity index (χ0) is 19.9. The van der Waals surface area contributed by atoms with Crippen LogP contribution in [0.15, 0.2) is 4.52 Å². The number of nitrogens with two attached hydrogens (primary N) is 1. The molecule has 2 atom stereocenters. The molecule has 0 spiro atoms. The van der Waals surface area contributed by atoms with Crippen LogP contribution in [0.4, 0.5) is 0 Å². The Morgan fingerprint density at radius 2 is 1.92 bits per heavy atom. The molecule has 3 N–H and O–H groups in total. The second-order valence-electron chi connectivity index (χ2n) is 7.15. The predicted octanol–water partition coefficient (Wildman–Crippen LogP) is 0.861. The van der Waals surface area contributed by atoms with Crippen molar-refractivity contribution in [2.75, 3.05) is 20.2 Å². The highest BCUT2D eigenvalue weighted by molar-refractivity contribution is 5.87. The summed E-state index contributed by atoms with van der Waals surface area (Å²) in [7, 11) is 1.60. The molecule has 0 bridgehead atoms. The van der Waals surface area contributed by atoms with E-state index in [9.17, 15) is 9.59 Å². The minimum Gasteiger partial charge on any atom is -0.370 e. The van der Waals surface area contributed by atoms with Crippen LogP contribution in [0, 0.1) is 11.8 Å². The van der Waals surface area contributed by atoms with Crippen LogP contribution in [0.1, 0.15) is 52.4 Å². The lowest BCUT2D eigenvalue weighted by Crippen LogP contribution is -2.47. The molecule has 2 amide bonds. The van der Waals surface area contributed by atoms with Crippen LogP contribution in [0.25, 0.3) is 0 Å². The van der Waals surface area contributed by atoms with Gasteiger partial charge in [0.15, 0.2) is 5.82 Å². The van der Waals surface area contributed by atoms with Gasteiger partial charge in [-0.2, -0.15) is 4.98 Å². The van der Waals surface area contributed by atoms with Crippen molar-refractivity contribution in [2.24, 2.45) is 17.6 Å². The number of aromatic nitrogens is 2. The highest BCUT2D eigenvalue weighted by atomic mass is 16.5. The molecular formula is C17H31N5O4. The first-order valence-electron chi connectivity index (χ1n) is 8.83. The number of ether oxygens (including phenoxy) is 1. The Balaban J connectivity index is 2.48. The van der Waals surface area contributed by atoms with Crippen LogP contribution in [0.3, 0.4) is 0 Å². The van der Waals surface area contributed by atoms with Gasteiger partial charge in [0.05, 0.1) is 19.1 Å². The van der Waals surface area contributed by atoms with E-state index in [1.165, 1.54) is 4.90 Å². The van der Waals surface area contributed by atoms with Gasteiger partial charge in [0.1, 0.15) is 6.10 Å². The molecule has 0 saturated heterocycles. The number of hydrogen-bond donors (Lipinski definition) is 2. The van der Waals surface area contributed by atoms with Crippen LogP contribution in [-0.2, 0) is 20.9 Å². The summed E-state index contributed by atoms with van der Waals surface area (Å²) < 4.78 is 10.8. The van der Waals surface area contributed by atoms with Gasteiger partial charge in [-0.25, -0.2) is 0 Å². The Labute approximate surface area is 154 Å². The number of carbonyl (C=O) groups excluding carboxylic acids is 2. The molecule has 148 valence electrons. The largest absolute Gasteiger partial charge is 0.370 e. The van der Waals surface area contributed by atoms with Crippen molar-refractivity contribution in [3.8, 4) is 0 Å². The molecular weight excluding hydrogens is 338 g/mol. The van der Waals surface area contributed by atoms with Crippen molar-refractivity contribution in [2.45, 2.75) is 53.3 Å². The van der Waals surface area contributed by atoms with E-state index in [2.05, 4.69) is 29.3 Å². The Morgan fingerprint density at radius 1 is 1.27 bits per heavy atom. The Morgan fingerprint density at radius 3 is 2.50 bits per heavy atom. The number of rotatable bonds is 10. The zero-order valence-electron chi connectivity index (χ0n) is 16.5. The second-order valence-corrected chi connectivity index (χ2v) is 7.15. The summed E-state index contributed by atoms with van der Waals surface area (Å²) in [5, 5.41) is 6.43. The van der Waals surface area contributed by atoms with Crippen molar-refractivity contribution in [1.82, 2.24) is 20.4 Å². The van der Waals surface area contributed by atoms with Gasteiger partial charge in [0, 0.05) is 13.7 Å². The number of hydrogen-bond acceptors (Lipinski definition) is 7. The smallest absolute Gasteiger partial charge is 0.246 e. The van der Waals surface area contributed by atoms with E-state index in [4.69, 9.17) is 15.0 Å². The molecule has 0 saturated carbocycles. The summed E-state index contributed by atoms with van der Waals surface area (Å²) in [4.78, 5) is 29.6. The zero-order valence-corrected chi connectivity index (χ0v) is 16.5. The summed E-state index contributed by atoms with van der Waals surface area (Å²) >= 11 is 0. The molecule has 9 heteroatoms. The van der Waals surface area contributed by atoms with Crippen molar-refractivity contribution in [1.29, 1.82) is 0 Å². The molecule has 1 unspecified atom stereocenters. The van der Waals surface area contributed by atoms with Crippen LogP contribution in [0.5, 0.6) is 0 Å². The maximum absolute atomic E-state index is 12.1. The van der Waals surface area contributed by atoms with Gasteiger partial charge in [-0.3, -0.25) is 9.59 Å². The van der Waals surface area contributed by atoms with Crippen molar-refractivity contribution >= 4 is 11.8 Å². The SMILES string of the molecule is CC(C)COC(C)c1noc(CN(C)C(=O)CNC(=O)[C@@H](N)C(C)C)n1. The van der Waals surface area contributed by atoms with Crippen molar-refractivity contribution in [3.05, 3.63) is 11.7 Å². The second kappa shape index (κ2) is 10.2. The molecule has 0 aliphatic rings. The van der Waals surface area contributed by atoms with Crippen molar-refractivity contribution in [3.63, 3.8) is 0 Å². The third kappa shape index (κ3) is 7.09. The van der Waals surface area contributed by atoms with Crippen LogP contribution >= 0.6 is 0 Å². The number of likely N-dealkylation sites (N-methyl/N-ethyl adjacent to an activating group) is 1. The standard InChI is InChI=1S/C17H31N5O4/c1-10(2)9-25-12(5)16-20-13(26-21-16)8-22(6)14(23)7-19-17(24)15(18)11(3)4/h10-12,15H,7-9,18H2,1-6H3,(H,19,24)/t12?,15-/m0/s1. The summed E-state index contributed by atoms with van der Waals surface area (Å²) in [6.45, 7) is 10.3. The van der Waals surface area contributed by atoms with E-state index in [0.29, 0.717) is 24.2 Å². The molecule has 0 fully saturated rings. The maximum Gasteiger partial charge on any atom is 0.246 e. The third-order valence-corrected chi connectivity index (χ3v) is 3.76. The molecule has 0 aliphatic carbocycles. The first-order chi connectivity index (χ1) is 12.1. The molecule has 0 radical (unpaired) electrons. The van der Waals surface area contributed by atoms with Crippen LogP contribution < -0.4 is 11.1 Å². The lowest BCUT2D eigenvalue weighted by atomic mass is 10.1. The Kier molecular flexibility index (Phi) is 8.67. The Hall–Kier alpha value is -2.00. The maximum atomic E-state index is 12.1. The van der Waals surface area contributed by atoms with Crippen molar-refractivity contribution < 1.29 is 18.8 Å². The molecule has 1 heterocycles. The molecule has 26 heavy (non-hydrogen) atoms. The monoisotopic (exact) mass is 369 g/mol. The normalized spacial score (nSPS) is 13.7. The molecule has 0 aliphatic heterocycles. The topological polar surface area (TPSA) is 124 Å². The van der Waals surface area contributed by atoms with Gasteiger partial charge in [-0.05, 0) is 18.8 Å². The summed E-state index contributed by atoms with van der Waals surface area (Å²) in [5.41, 5.74) is 5.74. The van der Waals surface area contributed by atoms with Gasteiger partial charge in [-0.1, -0.05) is 32.9 Å². The van der Waals surface area contributed by atoms with Gasteiger partial charge in [0.25, 0.3) is 0 Å². The van der Waals surface area contributed by atoms with E-state index in [1.807, 2.05) is 20.8 Å². The van der Waals surface area contributed by atoms with Gasteiger partial charge < -0.3 is 25.2 Å². The quantitative estimate of drug-likeness (QED) is 0.627. The number of nitrogens with zero attached hydrogens (tertiary/aromatic N) is 3. The molecule has 1 aromatic rings. The average molecular weight is 369 g/mol. The third-order valence-electron chi connectivity index (χ3n) is 3.76. The first kappa shape index (κ1) is 22.0. The van der Waals surface area contributed by atoms with Gasteiger partial charge >= 0.3 is 0 Å². The van der Waals surface area contributed by atoms with E-state index in [1.54, 1.807) is 7.05 Å². The van der Waals surface area contributed by atoms with E-state index in [-0.39, 0.29) is 36.9 Å². The predicted molar refractivity (Wildman–Crippen MR) is 95.8 cm³/mol. The number of carbonyl (C=O) groups is 2. The van der Waals surface area contributed by atoms with Crippen LogP contribution in [0.2, 0.25) is 0 Å². The van der Waals surface area contributed by atoms with E-state index in [0.717, 1.165) is 0 Å². The number of nitrogens with one attached hydrogen (secondary N) is 1. The molecule has 9 nitrogen and oxygen atoms in total. The fourth-order valence-corrected chi connectivity index (χ4v) is 1.92. The lowest BCUT2D eigenvalue weighted by Gasteiger charge is -2.18. The van der Waals surface area contributed by atoms with Crippen LogP contribution in [-0.4, -0.2) is 53.1 Å². The fourth-order valence-electron chi connectivity index (χ4n) is 1.92. The number of amides is 2. The summed E-state index contributed by atoms with van der Waals surface area (Å²) in [6, 6.07) is -0.640. The molecule has 1 aromatic heterocycles. The van der Waals surface area contributed by atoms with Gasteiger partial charge in [-0.15, -0.1) is 0 Å².